The van der Waals surface area contributed by atoms with Gasteiger partial charge in [0.2, 0.25) is 0 Å². The Labute approximate surface area is 93.3 Å². The fourth-order valence-corrected chi connectivity index (χ4v) is 1.72. The minimum absolute atomic E-state index is 0.489. The second kappa shape index (κ2) is 5.79. The summed E-state index contributed by atoms with van der Waals surface area (Å²) in [7, 11) is 0. The van der Waals surface area contributed by atoms with E-state index in [0.29, 0.717) is 6.54 Å². The lowest BCUT2D eigenvalue weighted by molar-refractivity contribution is 0.315. The minimum Gasteiger partial charge on any atom is -0.287 e. The van der Waals surface area contributed by atoms with Gasteiger partial charge in [0, 0.05) is 11.0 Å². The molecule has 0 aliphatic heterocycles. The van der Waals surface area contributed by atoms with Crippen LogP contribution in [0.1, 0.15) is 12.5 Å². The van der Waals surface area contributed by atoms with Crippen LogP contribution in [0.2, 0.25) is 0 Å². The van der Waals surface area contributed by atoms with Gasteiger partial charge in [0.1, 0.15) is 0 Å². The van der Waals surface area contributed by atoms with Crippen LogP contribution in [0.3, 0.4) is 0 Å². The van der Waals surface area contributed by atoms with Crippen LogP contribution in [-0.4, -0.2) is 18.0 Å². The maximum atomic E-state index is 8.60. The Hall–Kier alpha value is -0.850. The molecule has 74 valence electrons. The van der Waals surface area contributed by atoms with Gasteiger partial charge in [-0.05, 0) is 24.2 Å². The Kier molecular flexibility index (Phi) is 4.64. The van der Waals surface area contributed by atoms with E-state index < -0.39 is 0 Å². The number of halogens is 1. The largest absolute Gasteiger partial charge is 0.287 e. The average Bonchev–Trinajstić information content (AvgIpc) is 2.17. The summed E-state index contributed by atoms with van der Waals surface area (Å²) in [6.45, 7) is 4.29. The van der Waals surface area contributed by atoms with E-state index >= 15 is 0 Å². The summed E-state index contributed by atoms with van der Waals surface area (Å²) in [6.07, 6.45) is 0. The molecule has 0 amide bonds. The highest BCUT2D eigenvalue weighted by atomic mass is 79.9. The lowest BCUT2D eigenvalue weighted by Crippen LogP contribution is -2.22. The molecule has 1 rings (SSSR count). The van der Waals surface area contributed by atoms with Crippen molar-refractivity contribution in [1.82, 2.24) is 4.90 Å². The normalized spacial score (nSPS) is 10.1. The average molecular weight is 253 g/mol. The van der Waals surface area contributed by atoms with Crippen LogP contribution in [0.15, 0.2) is 28.7 Å². The highest BCUT2D eigenvalue weighted by Crippen LogP contribution is 2.13. The van der Waals surface area contributed by atoms with Gasteiger partial charge in [-0.2, -0.15) is 5.26 Å². The molecule has 3 heteroatoms. The summed E-state index contributed by atoms with van der Waals surface area (Å²) < 4.78 is 1.09. The van der Waals surface area contributed by atoms with Crippen LogP contribution in [0.5, 0.6) is 0 Å². The molecule has 0 fully saturated rings. The van der Waals surface area contributed by atoms with Gasteiger partial charge in [0.25, 0.3) is 0 Å². The molecule has 0 spiro atoms. The predicted octanol–water partition coefficient (Wildman–Crippen LogP) is 2.79. The van der Waals surface area contributed by atoms with E-state index in [4.69, 9.17) is 5.26 Å². The van der Waals surface area contributed by atoms with Gasteiger partial charge in [0.05, 0.1) is 12.6 Å². The van der Waals surface area contributed by atoms with Crippen molar-refractivity contribution in [2.75, 3.05) is 13.1 Å². The summed E-state index contributed by atoms with van der Waals surface area (Å²) in [5, 5.41) is 8.60. The van der Waals surface area contributed by atoms with Crippen molar-refractivity contribution < 1.29 is 0 Å². The zero-order valence-corrected chi connectivity index (χ0v) is 9.79. The summed E-state index contributed by atoms with van der Waals surface area (Å²) in [6, 6.07) is 10.3. The van der Waals surface area contributed by atoms with Crippen molar-refractivity contribution in [2.45, 2.75) is 13.5 Å². The third kappa shape index (κ3) is 3.49. The van der Waals surface area contributed by atoms with Crippen LogP contribution in [-0.2, 0) is 6.54 Å². The molecule has 0 bridgehead atoms. The highest BCUT2D eigenvalue weighted by Gasteiger charge is 2.02. The fraction of sp³-hybridized carbons (Fsp3) is 0.364. The Morgan fingerprint density at radius 1 is 1.50 bits per heavy atom. The molecule has 0 heterocycles. The third-order valence-electron chi connectivity index (χ3n) is 2.04. The number of hydrogen-bond acceptors (Lipinski definition) is 2. The molecule has 0 aliphatic carbocycles. The number of rotatable bonds is 4. The van der Waals surface area contributed by atoms with Crippen molar-refractivity contribution in [3.05, 3.63) is 34.3 Å². The predicted molar refractivity (Wildman–Crippen MR) is 60.7 cm³/mol. The van der Waals surface area contributed by atoms with E-state index in [2.05, 4.69) is 46.0 Å². The number of nitriles is 1. The van der Waals surface area contributed by atoms with Gasteiger partial charge in [-0.25, -0.2) is 0 Å². The van der Waals surface area contributed by atoms with Crippen LogP contribution in [0.25, 0.3) is 0 Å². The zero-order chi connectivity index (χ0) is 10.4. The van der Waals surface area contributed by atoms with Gasteiger partial charge in [-0.15, -0.1) is 0 Å². The Morgan fingerprint density at radius 2 is 2.29 bits per heavy atom. The molecule has 0 saturated heterocycles. The van der Waals surface area contributed by atoms with E-state index in [0.717, 1.165) is 17.6 Å². The third-order valence-corrected chi connectivity index (χ3v) is 2.53. The molecule has 0 radical (unpaired) electrons. The quantitative estimate of drug-likeness (QED) is 0.771. The molecule has 0 saturated carbocycles. The van der Waals surface area contributed by atoms with Crippen LogP contribution >= 0.6 is 15.9 Å². The van der Waals surface area contributed by atoms with Crippen LogP contribution in [0, 0.1) is 11.3 Å². The van der Waals surface area contributed by atoms with Crippen molar-refractivity contribution in [2.24, 2.45) is 0 Å². The second-order valence-corrected chi connectivity index (χ2v) is 4.01. The topological polar surface area (TPSA) is 27.0 Å². The van der Waals surface area contributed by atoms with E-state index in [1.165, 1.54) is 5.56 Å². The molecule has 0 atom stereocenters. The first kappa shape index (κ1) is 11.2. The molecule has 1 aromatic carbocycles. The van der Waals surface area contributed by atoms with Gasteiger partial charge in [-0.1, -0.05) is 35.0 Å². The second-order valence-electron chi connectivity index (χ2n) is 3.09. The smallest absolute Gasteiger partial charge is 0.0868 e. The summed E-state index contributed by atoms with van der Waals surface area (Å²) in [5.41, 5.74) is 1.23. The molecule has 1 aromatic rings. The van der Waals surface area contributed by atoms with Gasteiger partial charge in [-0.3, -0.25) is 4.90 Å². The van der Waals surface area contributed by atoms with Crippen molar-refractivity contribution in [1.29, 1.82) is 5.26 Å². The first-order valence-electron chi connectivity index (χ1n) is 4.60. The maximum absolute atomic E-state index is 8.60. The van der Waals surface area contributed by atoms with Crippen LogP contribution in [0.4, 0.5) is 0 Å². The van der Waals surface area contributed by atoms with Gasteiger partial charge >= 0.3 is 0 Å². The number of hydrogen-bond donors (Lipinski definition) is 0. The van der Waals surface area contributed by atoms with Crippen molar-refractivity contribution in [3.63, 3.8) is 0 Å². The fourth-order valence-electron chi connectivity index (χ4n) is 1.27. The monoisotopic (exact) mass is 252 g/mol. The van der Waals surface area contributed by atoms with E-state index in [1.54, 1.807) is 0 Å². The lowest BCUT2D eigenvalue weighted by Gasteiger charge is -2.16. The van der Waals surface area contributed by atoms with Crippen molar-refractivity contribution in [3.8, 4) is 6.07 Å². The summed E-state index contributed by atoms with van der Waals surface area (Å²) in [4.78, 5) is 2.10. The molecule has 0 aliphatic rings. The first-order chi connectivity index (χ1) is 6.76. The summed E-state index contributed by atoms with van der Waals surface area (Å²) >= 11 is 3.43. The Bertz CT molecular complexity index is 330. The van der Waals surface area contributed by atoms with Crippen molar-refractivity contribution >= 4 is 15.9 Å². The Morgan fingerprint density at radius 3 is 2.86 bits per heavy atom. The zero-order valence-electron chi connectivity index (χ0n) is 8.20. The molecule has 0 unspecified atom stereocenters. The first-order valence-corrected chi connectivity index (χ1v) is 5.39. The number of benzene rings is 1. The van der Waals surface area contributed by atoms with E-state index in [1.807, 2.05) is 12.1 Å². The lowest BCUT2D eigenvalue weighted by atomic mass is 10.2. The van der Waals surface area contributed by atoms with Gasteiger partial charge < -0.3 is 0 Å². The molecule has 0 N–H and O–H groups in total. The molecule has 2 nitrogen and oxygen atoms in total. The van der Waals surface area contributed by atoms with E-state index in [9.17, 15) is 0 Å². The molecular formula is C11H13BrN2. The molecular weight excluding hydrogens is 240 g/mol. The Balaban J connectivity index is 2.63. The standard InChI is InChI=1S/C11H13BrN2/c1-2-14(7-6-13)9-10-4-3-5-11(12)8-10/h3-5,8H,2,7,9H2,1H3. The molecule has 14 heavy (non-hydrogen) atoms. The maximum Gasteiger partial charge on any atom is 0.0868 e. The van der Waals surface area contributed by atoms with E-state index in [-0.39, 0.29) is 0 Å². The van der Waals surface area contributed by atoms with Crippen LogP contribution < -0.4 is 0 Å². The SMILES string of the molecule is CCN(CC#N)Cc1cccc(Br)c1. The molecule has 0 aromatic heterocycles. The highest BCUT2D eigenvalue weighted by molar-refractivity contribution is 9.10. The number of nitrogens with zero attached hydrogens (tertiary/aromatic N) is 2. The summed E-state index contributed by atoms with van der Waals surface area (Å²) in [5.74, 6) is 0. The minimum atomic E-state index is 0.489. The van der Waals surface area contributed by atoms with Gasteiger partial charge in [0.15, 0.2) is 0 Å².